The molecule has 0 bridgehead atoms. The van der Waals surface area contributed by atoms with E-state index in [2.05, 4.69) is 24.2 Å². The first kappa shape index (κ1) is 16.0. The van der Waals surface area contributed by atoms with Crippen molar-refractivity contribution in [1.29, 1.82) is 0 Å². The minimum Gasteiger partial charge on any atom is -0.476 e. The van der Waals surface area contributed by atoms with Gasteiger partial charge in [-0.1, -0.05) is 49.7 Å². The smallest absolute Gasteiger partial charge is 0.356 e. The van der Waals surface area contributed by atoms with Gasteiger partial charge in [0.2, 0.25) is 0 Å². The van der Waals surface area contributed by atoms with E-state index in [9.17, 15) is 9.90 Å². The van der Waals surface area contributed by atoms with Crippen LogP contribution in [0, 0.1) is 6.92 Å². The van der Waals surface area contributed by atoms with Crippen molar-refractivity contribution in [3.05, 3.63) is 71.4 Å². The van der Waals surface area contributed by atoms with Gasteiger partial charge in [-0.05, 0) is 42.7 Å². The molecule has 1 heterocycles. The molecule has 1 N–H and O–H groups in total. The third-order valence-electron chi connectivity index (χ3n) is 3.96. The van der Waals surface area contributed by atoms with Gasteiger partial charge in [-0.25, -0.2) is 9.48 Å². The Morgan fingerprint density at radius 2 is 1.88 bits per heavy atom. The number of aryl methyl sites for hydroxylation is 2. The van der Waals surface area contributed by atoms with E-state index in [1.165, 1.54) is 5.56 Å². The standard InChI is InChI=1S/C20H20N2O2/c1-3-5-15-8-10-16(11-9-15)19-13-18(20(23)24)21-22(19)17-7-4-6-14(2)12-17/h4,6-13H,3,5H2,1-2H3,(H,23,24). The summed E-state index contributed by atoms with van der Waals surface area (Å²) in [5.41, 5.74) is 5.02. The summed E-state index contributed by atoms with van der Waals surface area (Å²) in [5.74, 6) is -1.02. The Labute approximate surface area is 141 Å². The number of carbonyl (C=O) groups is 1. The summed E-state index contributed by atoms with van der Waals surface area (Å²) in [4.78, 5) is 11.4. The monoisotopic (exact) mass is 320 g/mol. The molecule has 1 aromatic heterocycles. The lowest BCUT2D eigenvalue weighted by Gasteiger charge is -2.09. The van der Waals surface area contributed by atoms with Crippen LogP contribution >= 0.6 is 0 Å². The fraction of sp³-hybridized carbons (Fsp3) is 0.200. The topological polar surface area (TPSA) is 55.1 Å². The Bertz CT molecular complexity index is 864. The molecule has 4 nitrogen and oxygen atoms in total. The van der Waals surface area contributed by atoms with Crippen LogP contribution in [-0.2, 0) is 6.42 Å². The van der Waals surface area contributed by atoms with Crippen molar-refractivity contribution in [2.75, 3.05) is 0 Å². The zero-order valence-corrected chi connectivity index (χ0v) is 13.9. The normalized spacial score (nSPS) is 10.8. The first-order chi connectivity index (χ1) is 11.6. The third-order valence-corrected chi connectivity index (χ3v) is 3.96. The highest BCUT2D eigenvalue weighted by atomic mass is 16.4. The molecule has 0 unspecified atom stereocenters. The lowest BCUT2D eigenvalue weighted by molar-refractivity contribution is 0.0690. The average Bonchev–Trinajstić information content (AvgIpc) is 3.01. The Morgan fingerprint density at radius 1 is 1.12 bits per heavy atom. The molecule has 0 saturated heterocycles. The quantitative estimate of drug-likeness (QED) is 0.753. The van der Waals surface area contributed by atoms with Gasteiger partial charge >= 0.3 is 5.97 Å². The van der Waals surface area contributed by atoms with E-state index >= 15 is 0 Å². The second kappa shape index (κ2) is 6.71. The van der Waals surface area contributed by atoms with E-state index in [1.807, 2.05) is 43.3 Å². The van der Waals surface area contributed by atoms with Gasteiger partial charge in [0.15, 0.2) is 5.69 Å². The van der Waals surface area contributed by atoms with Gasteiger partial charge in [-0.2, -0.15) is 5.10 Å². The summed E-state index contributed by atoms with van der Waals surface area (Å²) in [6, 6.07) is 17.7. The van der Waals surface area contributed by atoms with Crippen LogP contribution in [0.4, 0.5) is 0 Å². The number of benzene rings is 2. The first-order valence-corrected chi connectivity index (χ1v) is 8.08. The van der Waals surface area contributed by atoms with Crippen LogP contribution < -0.4 is 0 Å². The Hall–Kier alpha value is -2.88. The predicted octanol–water partition coefficient (Wildman–Crippen LogP) is 4.50. The van der Waals surface area contributed by atoms with Crippen LogP contribution in [0.3, 0.4) is 0 Å². The molecule has 122 valence electrons. The maximum Gasteiger partial charge on any atom is 0.356 e. The zero-order valence-electron chi connectivity index (χ0n) is 13.9. The van der Waals surface area contributed by atoms with E-state index in [1.54, 1.807) is 10.7 Å². The molecule has 0 radical (unpaired) electrons. The lowest BCUT2D eigenvalue weighted by Crippen LogP contribution is -2.02. The van der Waals surface area contributed by atoms with Crippen LogP contribution in [0.2, 0.25) is 0 Å². The molecule has 0 aliphatic rings. The van der Waals surface area contributed by atoms with Gasteiger partial charge in [0.25, 0.3) is 0 Å². The molecular formula is C20H20N2O2. The van der Waals surface area contributed by atoms with E-state index < -0.39 is 5.97 Å². The molecule has 0 atom stereocenters. The molecular weight excluding hydrogens is 300 g/mol. The highest BCUT2D eigenvalue weighted by Gasteiger charge is 2.16. The van der Waals surface area contributed by atoms with Gasteiger partial charge in [-0.3, -0.25) is 0 Å². The number of hydrogen-bond donors (Lipinski definition) is 1. The Morgan fingerprint density at radius 3 is 2.50 bits per heavy atom. The average molecular weight is 320 g/mol. The van der Waals surface area contributed by atoms with Crippen molar-refractivity contribution >= 4 is 5.97 Å². The van der Waals surface area contributed by atoms with Crippen LogP contribution in [0.5, 0.6) is 0 Å². The largest absolute Gasteiger partial charge is 0.476 e. The van der Waals surface area contributed by atoms with Crippen molar-refractivity contribution in [1.82, 2.24) is 9.78 Å². The number of aromatic carboxylic acids is 1. The molecule has 4 heteroatoms. The first-order valence-electron chi connectivity index (χ1n) is 8.08. The molecule has 0 saturated carbocycles. The molecule has 2 aromatic carbocycles. The Kier molecular flexibility index (Phi) is 4.47. The van der Waals surface area contributed by atoms with Crippen molar-refractivity contribution in [2.45, 2.75) is 26.7 Å². The SMILES string of the molecule is CCCc1ccc(-c2cc(C(=O)O)nn2-c2cccc(C)c2)cc1. The van der Waals surface area contributed by atoms with Gasteiger partial charge in [0.1, 0.15) is 0 Å². The van der Waals surface area contributed by atoms with Crippen molar-refractivity contribution in [2.24, 2.45) is 0 Å². The molecule has 0 aliphatic carbocycles. The summed E-state index contributed by atoms with van der Waals surface area (Å²) in [7, 11) is 0. The summed E-state index contributed by atoms with van der Waals surface area (Å²) in [6.45, 7) is 4.16. The lowest BCUT2D eigenvalue weighted by atomic mass is 10.1. The van der Waals surface area contributed by atoms with Crippen molar-refractivity contribution in [3.63, 3.8) is 0 Å². The minimum atomic E-state index is -1.02. The van der Waals surface area contributed by atoms with Crippen LogP contribution in [0.15, 0.2) is 54.6 Å². The van der Waals surface area contributed by atoms with Crippen LogP contribution in [0.25, 0.3) is 16.9 Å². The van der Waals surface area contributed by atoms with Gasteiger partial charge in [0.05, 0.1) is 11.4 Å². The molecule has 3 rings (SSSR count). The predicted molar refractivity (Wildman–Crippen MR) is 94.7 cm³/mol. The minimum absolute atomic E-state index is 0.0455. The molecule has 24 heavy (non-hydrogen) atoms. The maximum atomic E-state index is 11.4. The van der Waals surface area contributed by atoms with Gasteiger partial charge in [0, 0.05) is 5.56 Å². The van der Waals surface area contributed by atoms with Crippen molar-refractivity contribution in [3.8, 4) is 16.9 Å². The summed E-state index contributed by atoms with van der Waals surface area (Å²) >= 11 is 0. The molecule has 0 amide bonds. The van der Waals surface area contributed by atoms with E-state index in [4.69, 9.17) is 0 Å². The summed E-state index contributed by atoms with van der Waals surface area (Å²) in [6.07, 6.45) is 2.14. The molecule has 3 aromatic rings. The number of aromatic nitrogens is 2. The zero-order chi connectivity index (χ0) is 17.1. The molecule has 0 fully saturated rings. The van der Waals surface area contributed by atoms with E-state index in [0.29, 0.717) is 0 Å². The highest BCUT2D eigenvalue weighted by Crippen LogP contribution is 2.25. The van der Waals surface area contributed by atoms with Crippen LogP contribution in [0.1, 0.15) is 35.0 Å². The highest BCUT2D eigenvalue weighted by molar-refractivity contribution is 5.87. The fourth-order valence-corrected chi connectivity index (χ4v) is 2.78. The number of hydrogen-bond acceptors (Lipinski definition) is 2. The van der Waals surface area contributed by atoms with Gasteiger partial charge < -0.3 is 5.11 Å². The number of nitrogens with zero attached hydrogens (tertiary/aromatic N) is 2. The van der Waals surface area contributed by atoms with Crippen LogP contribution in [-0.4, -0.2) is 20.9 Å². The van der Waals surface area contributed by atoms with E-state index in [-0.39, 0.29) is 5.69 Å². The third kappa shape index (κ3) is 3.23. The Balaban J connectivity index is 2.10. The van der Waals surface area contributed by atoms with Gasteiger partial charge in [-0.15, -0.1) is 0 Å². The number of rotatable bonds is 5. The summed E-state index contributed by atoms with van der Waals surface area (Å²) < 4.78 is 1.70. The summed E-state index contributed by atoms with van der Waals surface area (Å²) in [5, 5.41) is 13.6. The fourth-order valence-electron chi connectivity index (χ4n) is 2.78. The van der Waals surface area contributed by atoms with Crippen molar-refractivity contribution < 1.29 is 9.90 Å². The second-order valence-corrected chi connectivity index (χ2v) is 5.92. The number of carboxylic acids is 1. The maximum absolute atomic E-state index is 11.4. The number of carboxylic acid groups (broad SMARTS) is 1. The molecule has 0 spiro atoms. The molecule has 0 aliphatic heterocycles. The van der Waals surface area contributed by atoms with E-state index in [0.717, 1.165) is 35.3 Å². The second-order valence-electron chi connectivity index (χ2n) is 5.92.